The number of anilines is 2. The summed E-state index contributed by atoms with van der Waals surface area (Å²) in [7, 11) is 8.32. The van der Waals surface area contributed by atoms with Crippen LogP contribution in [0.5, 0.6) is 0 Å². The third kappa shape index (κ3) is 3.54. The molecule has 1 N–H and O–H groups in total. The Labute approximate surface area is 115 Å². The van der Waals surface area contributed by atoms with E-state index in [1.54, 1.807) is 12.4 Å². The highest BCUT2D eigenvalue weighted by molar-refractivity contribution is 5.59. The highest BCUT2D eigenvalue weighted by Crippen LogP contribution is 2.17. The fraction of sp³-hybridized carbons (Fsp3) is 0.692. The second-order valence-corrected chi connectivity index (χ2v) is 5.40. The fourth-order valence-corrected chi connectivity index (χ4v) is 2.32. The Morgan fingerprint density at radius 1 is 1.26 bits per heavy atom. The van der Waals surface area contributed by atoms with Crippen molar-refractivity contribution in [1.29, 1.82) is 0 Å². The number of hydrogen-bond acceptors (Lipinski definition) is 6. The lowest BCUT2D eigenvalue weighted by molar-refractivity contribution is 0.122. The van der Waals surface area contributed by atoms with Gasteiger partial charge in [-0.3, -0.25) is 4.90 Å². The van der Waals surface area contributed by atoms with E-state index in [0.29, 0.717) is 6.04 Å². The van der Waals surface area contributed by atoms with E-state index in [0.717, 1.165) is 37.8 Å². The van der Waals surface area contributed by atoms with Gasteiger partial charge in [-0.05, 0) is 14.1 Å². The van der Waals surface area contributed by atoms with Crippen molar-refractivity contribution in [2.45, 2.75) is 6.04 Å². The Kier molecular flexibility index (Phi) is 4.55. The molecule has 2 heterocycles. The second-order valence-electron chi connectivity index (χ2n) is 5.40. The van der Waals surface area contributed by atoms with Crippen LogP contribution >= 0.6 is 0 Å². The number of nitrogens with zero attached hydrogens (tertiary/aromatic N) is 5. The zero-order valence-electron chi connectivity index (χ0n) is 12.3. The summed E-state index contributed by atoms with van der Waals surface area (Å²) >= 11 is 0. The van der Waals surface area contributed by atoms with Gasteiger partial charge in [0.1, 0.15) is 0 Å². The number of nitrogens with one attached hydrogen (secondary N) is 1. The summed E-state index contributed by atoms with van der Waals surface area (Å²) < 4.78 is 0. The molecule has 1 saturated heterocycles. The molecule has 6 nitrogen and oxygen atoms in total. The largest absolute Gasteiger partial charge is 0.365 e. The molecule has 2 rings (SSSR count). The van der Waals surface area contributed by atoms with E-state index >= 15 is 0 Å². The first-order valence-corrected chi connectivity index (χ1v) is 6.69. The van der Waals surface area contributed by atoms with Gasteiger partial charge in [0.25, 0.3) is 0 Å². The molecule has 0 aliphatic carbocycles. The van der Waals surface area contributed by atoms with E-state index in [9.17, 15) is 0 Å². The van der Waals surface area contributed by atoms with Gasteiger partial charge >= 0.3 is 0 Å². The minimum Gasteiger partial charge on any atom is -0.365 e. The molecule has 1 aliphatic rings. The molecule has 0 radical (unpaired) electrons. The molecule has 19 heavy (non-hydrogen) atoms. The van der Waals surface area contributed by atoms with Crippen LogP contribution < -0.4 is 10.2 Å². The van der Waals surface area contributed by atoms with Crippen molar-refractivity contribution < 1.29 is 0 Å². The average Bonchev–Trinajstić information content (AvgIpc) is 2.40. The molecule has 0 amide bonds. The summed E-state index contributed by atoms with van der Waals surface area (Å²) in [6.45, 7) is 4.23. The van der Waals surface area contributed by atoms with E-state index in [2.05, 4.69) is 39.2 Å². The number of piperazine rings is 1. The Balaban J connectivity index is 1.98. The molecule has 1 atom stereocenters. The van der Waals surface area contributed by atoms with Gasteiger partial charge in [0.15, 0.2) is 11.6 Å². The van der Waals surface area contributed by atoms with E-state index in [4.69, 9.17) is 0 Å². The smallest absolute Gasteiger partial charge is 0.171 e. The highest BCUT2D eigenvalue weighted by Gasteiger charge is 2.22. The summed E-state index contributed by atoms with van der Waals surface area (Å²) in [5, 5.41) is 3.43. The molecule has 0 aromatic carbocycles. The molecule has 1 aromatic heterocycles. The molecule has 0 bridgehead atoms. The minimum absolute atomic E-state index is 0.510. The van der Waals surface area contributed by atoms with Crippen molar-refractivity contribution in [3.05, 3.63) is 12.4 Å². The molecule has 1 aromatic rings. The van der Waals surface area contributed by atoms with Crippen LogP contribution in [-0.2, 0) is 0 Å². The fourth-order valence-electron chi connectivity index (χ4n) is 2.32. The van der Waals surface area contributed by atoms with Crippen molar-refractivity contribution in [3.8, 4) is 0 Å². The van der Waals surface area contributed by atoms with Gasteiger partial charge in [-0.1, -0.05) is 0 Å². The van der Waals surface area contributed by atoms with Crippen LogP contribution in [0.15, 0.2) is 12.4 Å². The molecular formula is C13H24N6. The average molecular weight is 264 g/mol. The van der Waals surface area contributed by atoms with Gasteiger partial charge < -0.3 is 15.1 Å². The van der Waals surface area contributed by atoms with Gasteiger partial charge in [-0.25, -0.2) is 9.97 Å². The third-order valence-corrected chi connectivity index (χ3v) is 3.59. The molecule has 0 saturated carbocycles. The van der Waals surface area contributed by atoms with Gasteiger partial charge in [-0.2, -0.15) is 0 Å². The topological polar surface area (TPSA) is 47.5 Å². The normalized spacial score (nSPS) is 21.4. The molecule has 6 heteroatoms. The third-order valence-electron chi connectivity index (χ3n) is 3.59. The Hall–Kier alpha value is -1.40. The lowest BCUT2D eigenvalue weighted by Gasteiger charge is -2.37. The van der Waals surface area contributed by atoms with E-state index < -0.39 is 0 Å². The standard InChI is InChI=1S/C13H24N6/c1-17(2)13-12(14-5-6-15-13)16-9-11-10-18(3)7-8-19(11)4/h5-6,11H,7-10H2,1-4H3,(H,14,16). The van der Waals surface area contributed by atoms with Crippen LogP contribution in [0.4, 0.5) is 11.6 Å². The predicted molar refractivity (Wildman–Crippen MR) is 78.8 cm³/mol. The van der Waals surface area contributed by atoms with E-state index in [1.807, 2.05) is 19.0 Å². The number of aromatic nitrogens is 2. The maximum Gasteiger partial charge on any atom is 0.171 e. The molecule has 0 spiro atoms. The van der Waals surface area contributed by atoms with Gasteiger partial charge in [-0.15, -0.1) is 0 Å². The van der Waals surface area contributed by atoms with Crippen molar-refractivity contribution in [2.24, 2.45) is 0 Å². The predicted octanol–water partition coefficient (Wildman–Crippen LogP) is 0.200. The van der Waals surface area contributed by atoms with Gasteiger partial charge in [0.2, 0.25) is 0 Å². The Morgan fingerprint density at radius 2 is 2.00 bits per heavy atom. The highest BCUT2D eigenvalue weighted by atomic mass is 15.3. The molecular weight excluding hydrogens is 240 g/mol. The SMILES string of the molecule is CN1CCN(C)C(CNc2nccnc2N(C)C)C1. The summed E-state index contributed by atoms with van der Waals surface area (Å²) in [5.74, 6) is 1.74. The molecule has 106 valence electrons. The second kappa shape index (κ2) is 6.16. The van der Waals surface area contributed by atoms with Crippen molar-refractivity contribution in [1.82, 2.24) is 19.8 Å². The zero-order chi connectivity index (χ0) is 13.8. The van der Waals surface area contributed by atoms with Crippen LogP contribution in [0.25, 0.3) is 0 Å². The molecule has 1 aliphatic heterocycles. The summed E-state index contributed by atoms with van der Waals surface area (Å²) in [6.07, 6.45) is 3.45. The first-order chi connectivity index (χ1) is 9.08. The van der Waals surface area contributed by atoms with Crippen LogP contribution in [-0.4, -0.2) is 80.2 Å². The van der Waals surface area contributed by atoms with Crippen molar-refractivity contribution >= 4 is 11.6 Å². The number of likely N-dealkylation sites (N-methyl/N-ethyl adjacent to an activating group) is 2. The minimum atomic E-state index is 0.510. The van der Waals surface area contributed by atoms with Crippen LogP contribution in [0.1, 0.15) is 0 Å². The van der Waals surface area contributed by atoms with Crippen LogP contribution in [0.2, 0.25) is 0 Å². The Bertz CT molecular complexity index is 408. The van der Waals surface area contributed by atoms with Gasteiger partial charge in [0, 0.05) is 58.7 Å². The Morgan fingerprint density at radius 3 is 2.74 bits per heavy atom. The van der Waals surface area contributed by atoms with E-state index in [-0.39, 0.29) is 0 Å². The summed E-state index contributed by atoms with van der Waals surface area (Å²) in [5.41, 5.74) is 0. The van der Waals surface area contributed by atoms with Crippen LogP contribution in [0, 0.1) is 0 Å². The maximum absolute atomic E-state index is 4.38. The van der Waals surface area contributed by atoms with Crippen LogP contribution in [0.3, 0.4) is 0 Å². The maximum atomic E-state index is 4.38. The molecule has 1 fully saturated rings. The summed E-state index contributed by atoms with van der Waals surface area (Å²) in [4.78, 5) is 15.5. The van der Waals surface area contributed by atoms with Crippen molar-refractivity contribution in [3.63, 3.8) is 0 Å². The monoisotopic (exact) mass is 264 g/mol. The van der Waals surface area contributed by atoms with Gasteiger partial charge in [0.05, 0.1) is 0 Å². The lowest BCUT2D eigenvalue weighted by Crippen LogP contribution is -2.52. The van der Waals surface area contributed by atoms with Crippen molar-refractivity contribution in [2.75, 3.05) is 64.6 Å². The lowest BCUT2D eigenvalue weighted by atomic mass is 10.2. The van der Waals surface area contributed by atoms with E-state index in [1.165, 1.54) is 0 Å². The number of rotatable bonds is 4. The number of hydrogen-bond donors (Lipinski definition) is 1. The first kappa shape index (κ1) is 14.0. The first-order valence-electron chi connectivity index (χ1n) is 6.69. The quantitative estimate of drug-likeness (QED) is 0.838. The summed E-state index contributed by atoms with van der Waals surface area (Å²) in [6, 6.07) is 0.510. The zero-order valence-corrected chi connectivity index (χ0v) is 12.3. The molecule has 1 unspecified atom stereocenters.